The molecular formula is C8H16N4. The molecule has 0 amide bonds. The summed E-state index contributed by atoms with van der Waals surface area (Å²) >= 11 is 0. The highest BCUT2D eigenvalue weighted by Crippen LogP contribution is 2.12. The minimum absolute atomic E-state index is 0.424. The number of nitrogens with two attached hydrogens (primary N) is 1. The smallest absolute Gasteiger partial charge is 0.164 e. The second-order valence-corrected chi connectivity index (χ2v) is 2.82. The molecule has 2 N–H and O–H groups in total. The van der Waals surface area contributed by atoms with Gasteiger partial charge in [0.15, 0.2) is 5.82 Å². The van der Waals surface area contributed by atoms with Gasteiger partial charge in [-0.3, -0.25) is 0 Å². The zero-order valence-electron chi connectivity index (χ0n) is 7.70. The average Bonchev–Trinajstić information content (AvgIpc) is 2.55. The Morgan fingerprint density at radius 1 is 1.50 bits per heavy atom. The van der Waals surface area contributed by atoms with E-state index in [0.29, 0.717) is 12.6 Å². The molecule has 0 fully saturated rings. The molecule has 0 unspecified atom stereocenters. The first kappa shape index (κ1) is 9.19. The van der Waals surface area contributed by atoms with Gasteiger partial charge in [-0.15, -0.1) is 0 Å². The van der Waals surface area contributed by atoms with Gasteiger partial charge in [0.1, 0.15) is 6.33 Å². The monoisotopic (exact) mass is 168 g/mol. The summed E-state index contributed by atoms with van der Waals surface area (Å²) in [5.41, 5.74) is 5.41. The molecular weight excluding hydrogens is 152 g/mol. The Balaban J connectivity index is 2.72. The third-order valence-electron chi connectivity index (χ3n) is 2.06. The van der Waals surface area contributed by atoms with Crippen LogP contribution in [0.15, 0.2) is 6.33 Å². The van der Waals surface area contributed by atoms with Crippen LogP contribution in [-0.4, -0.2) is 14.8 Å². The highest BCUT2D eigenvalue weighted by molar-refractivity contribution is 4.81. The first-order chi connectivity index (χ1) is 5.81. The summed E-state index contributed by atoms with van der Waals surface area (Å²) in [4.78, 5) is 4.08. The van der Waals surface area contributed by atoms with E-state index >= 15 is 0 Å². The van der Waals surface area contributed by atoms with Crippen LogP contribution in [-0.2, 0) is 6.54 Å². The molecule has 0 spiro atoms. The molecule has 0 atom stereocenters. The van der Waals surface area contributed by atoms with Crippen LogP contribution in [0.2, 0.25) is 0 Å². The van der Waals surface area contributed by atoms with E-state index in [-0.39, 0.29) is 0 Å². The first-order valence-electron chi connectivity index (χ1n) is 4.41. The van der Waals surface area contributed by atoms with Crippen molar-refractivity contribution in [3.8, 4) is 0 Å². The summed E-state index contributed by atoms with van der Waals surface area (Å²) in [7, 11) is 0. The Labute approximate surface area is 72.8 Å². The van der Waals surface area contributed by atoms with E-state index in [1.807, 2.05) is 4.68 Å². The lowest BCUT2D eigenvalue weighted by Crippen LogP contribution is -2.08. The molecule has 0 aliphatic heterocycles. The van der Waals surface area contributed by atoms with E-state index in [4.69, 9.17) is 5.73 Å². The molecule has 0 bridgehead atoms. The number of aromatic nitrogens is 3. The van der Waals surface area contributed by atoms with E-state index in [1.54, 1.807) is 6.33 Å². The maximum absolute atomic E-state index is 5.41. The summed E-state index contributed by atoms with van der Waals surface area (Å²) < 4.78 is 1.90. The zero-order valence-corrected chi connectivity index (χ0v) is 7.70. The van der Waals surface area contributed by atoms with Crippen LogP contribution < -0.4 is 5.73 Å². The lowest BCUT2D eigenvalue weighted by Gasteiger charge is -2.10. The summed E-state index contributed by atoms with van der Waals surface area (Å²) in [6.07, 6.45) is 3.94. The minimum Gasteiger partial charge on any atom is -0.324 e. The molecule has 0 aromatic carbocycles. The van der Waals surface area contributed by atoms with Gasteiger partial charge in [-0.05, 0) is 12.8 Å². The van der Waals surface area contributed by atoms with Gasteiger partial charge in [-0.25, -0.2) is 9.67 Å². The zero-order chi connectivity index (χ0) is 8.97. The largest absolute Gasteiger partial charge is 0.324 e. The molecule has 0 aliphatic carbocycles. The van der Waals surface area contributed by atoms with Gasteiger partial charge in [0.25, 0.3) is 0 Å². The molecule has 0 saturated carbocycles. The summed E-state index contributed by atoms with van der Waals surface area (Å²) in [6.45, 7) is 4.73. The molecule has 12 heavy (non-hydrogen) atoms. The number of rotatable bonds is 4. The van der Waals surface area contributed by atoms with E-state index in [9.17, 15) is 0 Å². The molecule has 68 valence electrons. The second-order valence-electron chi connectivity index (χ2n) is 2.82. The molecule has 1 rings (SSSR count). The Morgan fingerprint density at radius 3 is 2.58 bits per heavy atom. The van der Waals surface area contributed by atoms with Crippen molar-refractivity contribution in [3.05, 3.63) is 12.2 Å². The predicted octanol–water partition coefficient (Wildman–Crippen LogP) is 1.10. The van der Waals surface area contributed by atoms with Crippen LogP contribution in [0, 0.1) is 0 Å². The van der Waals surface area contributed by atoms with Crippen LogP contribution in [0.25, 0.3) is 0 Å². The van der Waals surface area contributed by atoms with Crippen LogP contribution in [0.5, 0.6) is 0 Å². The van der Waals surface area contributed by atoms with Gasteiger partial charge in [0.05, 0.1) is 12.6 Å². The van der Waals surface area contributed by atoms with Crippen molar-refractivity contribution in [2.45, 2.75) is 39.3 Å². The molecule has 0 radical (unpaired) electrons. The number of nitrogens with zero attached hydrogens (tertiary/aromatic N) is 3. The Morgan fingerprint density at radius 2 is 2.17 bits per heavy atom. The van der Waals surface area contributed by atoms with Crippen molar-refractivity contribution in [3.63, 3.8) is 0 Å². The normalized spacial score (nSPS) is 11.0. The van der Waals surface area contributed by atoms with Gasteiger partial charge >= 0.3 is 0 Å². The highest BCUT2D eigenvalue weighted by atomic mass is 15.3. The molecule has 1 aromatic heterocycles. The van der Waals surface area contributed by atoms with Crippen molar-refractivity contribution in [1.29, 1.82) is 0 Å². The van der Waals surface area contributed by atoms with Gasteiger partial charge < -0.3 is 5.73 Å². The average molecular weight is 168 g/mol. The second kappa shape index (κ2) is 4.21. The van der Waals surface area contributed by atoms with Crippen LogP contribution in [0.1, 0.15) is 38.6 Å². The van der Waals surface area contributed by atoms with Crippen molar-refractivity contribution < 1.29 is 0 Å². The summed E-state index contributed by atoms with van der Waals surface area (Å²) in [5, 5.41) is 4.25. The first-order valence-corrected chi connectivity index (χ1v) is 4.41. The van der Waals surface area contributed by atoms with Gasteiger partial charge in [0, 0.05) is 0 Å². The van der Waals surface area contributed by atoms with Gasteiger partial charge in [-0.1, -0.05) is 13.8 Å². The topological polar surface area (TPSA) is 56.7 Å². The molecule has 0 aliphatic rings. The SMILES string of the molecule is CCC(CC)n1cnc(CN)n1. The summed E-state index contributed by atoms with van der Waals surface area (Å²) in [5.74, 6) is 0.724. The fourth-order valence-corrected chi connectivity index (χ4v) is 1.24. The molecule has 4 nitrogen and oxygen atoms in total. The van der Waals surface area contributed by atoms with Crippen LogP contribution in [0.3, 0.4) is 0 Å². The quantitative estimate of drug-likeness (QED) is 0.732. The van der Waals surface area contributed by atoms with Gasteiger partial charge in [-0.2, -0.15) is 5.10 Å². The fraction of sp³-hybridized carbons (Fsp3) is 0.750. The van der Waals surface area contributed by atoms with E-state index in [0.717, 1.165) is 18.7 Å². The van der Waals surface area contributed by atoms with Crippen LogP contribution >= 0.6 is 0 Å². The standard InChI is InChI=1S/C8H16N4/c1-3-7(4-2)12-6-10-8(5-9)11-12/h6-7H,3-5,9H2,1-2H3. The lowest BCUT2D eigenvalue weighted by molar-refractivity contribution is 0.425. The molecule has 4 heteroatoms. The Bertz CT molecular complexity index is 227. The van der Waals surface area contributed by atoms with Crippen LogP contribution in [0.4, 0.5) is 0 Å². The lowest BCUT2D eigenvalue weighted by atomic mass is 10.2. The van der Waals surface area contributed by atoms with Gasteiger partial charge in [0.2, 0.25) is 0 Å². The van der Waals surface area contributed by atoms with E-state index in [1.165, 1.54) is 0 Å². The Hall–Kier alpha value is -0.900. The van der Waals surface area contributed by atoms with Crippen molar-refractivity contribution in [2.24, 2.45) is 5.73 Å². The summed E-state index contributed by atoms with van der Waals surface area (Å²) in [6, 6.07) is 0.470. The molecule has 1 aromatic rings. The molecule has 1 heterocycles. The molecule has 0 saturated heterocycles. The Kier molecular flexibility index (Phi) is 3.22. The van der Waals surface area contributed by atoms with Crippen molar-refractivity contribution >= 4 is 0 Å². The van der Waals surface area contributed by atoms with Crippen molar-refractivity contribution in [2.75, 3.05) is 0 Å². The van der Waals surface area contributed by atoms with Crippen molar-refractivity contribution in [1.82, 2.24) is 14.8 Å². The highest BCUT2D eigenvalue weighted by Gasteiger charge is 2.07. The third-order valence-corrected chi connectivity index (χ3v) is 2.06. The van der Waals surface area contributed by atoms with E-state index in [2.05, 4.69) is 23.9 Å². The number of hydrogen-bond donors (Lipinski definition) is 1. The maximum Gasteiger partial charge on any atom is 0.164 e. The maximum atomic E-state index is 5.41. The van der Waals surface area contributed by atoms with E-state index < -0.39 is 0 Å². The number of hydrogen-bond acceptors (Lipinski definition) is 3. The predicted molar refractivity (Wildman–Crippen MR) is 47.5 cm³/mol. The fourth-order valence-electron chi connectivity index (χ4n) is 1.24. The third kappa shape index (κ3) is 1.82. The minimum atomic E-state index is 0.424.